The molecule has 0 saturated heterocycles. The van der Waals surface area contributed by atoms with Crippen LogP contribution in [0.2, 0.25) is 0 Å². The van der Waals surface area contributed by atoms with E-state index in [9.17, 15) is 0 Å². The second-order valence-electron chi connectivity index (χ2n) is 5.06. The van der Waals surface area contributed by atoms with Crippen LogP contribution in [-0.2, 0) is 6.54 Å². The number of hydrogen-bond donors (Lipinski definition) is 2. The van der Waals surface area contributed by atoms with Gasteiger partial charge >= 0.3 is 0 Å². The Labute approximate surface area is 100.0 Å². The van der Waals surface area contributed by atoms with Gasteiger partial charge in [0.1, 0.15) is 0 Å². The van der Waals surface area contributed by atoms with Crippen molar-refractivity contribution in [2.75, 3.05) is 0 Å². The van der Waals surface area contributed by atoms with Crippen molar-refractivity contribution in [3.63, 3.8) is 0 Å². The molecule has 1 saturated carbocycles. The fourth-order valence-corrected chi connectivity index (χ4v) is 2.47. The smallest absolute Gasteiger partial charge is 0.0958 e. The van der Waals surface area contributed by atoms with Crippen LogP contribution in [0, 0.1) is 10.8 Å². The Hall–Kier alpha value is -1.84. The lowest BCUT2D eigenvalue weighted by Crippen LogP contribution is -2.20. The molecule has 3 N–H and O–H groups in total. The molecule has 0 radical (unpaired) electrons. The average Bonchev–Trinajstić information content (AvgIpc) is 2.91. The summed E-state index contributed by atoms with van der Waals surface area (Å²) in [5, 5.41) is 7.43. The predicted octanol–water partition coefficient (Wildman–Crippen LogP) is 2.14. The second-order valence-corrected chi connectivity index (χ2v) is 5.06. The van der Waals surface area contributed by atoms with Gasteiger partial charge in [0, 0.05) is 13.0 Å². The van der Waals surface area contributed by atoms with Gasteiger partial charge in [-0.1, -0.05) is 12.1 Å². The van der Waals surface area contributed by atoms with Crippen molar-refractivity contribution in [3.8, 4) is 0 Å². The molecule has 1 fully saturated rings. The van der Waals surface area contributed by atoms with E-state index in [1.807, 2.05) is 24.5 Å². The first-order valence-corrected chi connectivity index (χ1v) is 5.91. The zero-order valence-corrected chi connectivity index (χ0v) is 9.69. The molecule has 4 heteroatoms. The Morgan fingerprint density at radius 3 is 2.88 bits per heavy atom. The number of nitrogens with two attached hydrogens (primary N) is 1. The molecule has 1 aliphatic carbocycles. The molecule has 1 heterocycles. The molecule has 2 aromatic rings. The van der Waals surface area contributed by atoms with Crippen LogP contribution in [0.25, 0.3) is 11.0 Å². The predicted molar refractivity (Wildman–Crippen MR) is 67.9 cm³/mol. The van der Waals surface area contributed by atoms with E-state index in [0.717, 1.165) is 12.1 Å². The fourth-order valence-electron chi connectivity index (χ4n) is 2.47. The number of para-hydroxylation sites is 2. The van der Waals surface area contributed by atoms with Crippen molar-refractivity contribution in [3.05, 3.63) is 30.6 Å². The normalized spacial score (nSPS) is 17.2. The number of aromatic nitrogens is 2. The van der Waals surface area contributed by atoms with Gasteiger partial charge in [0.15, 0.2) is 0 Å². The highest BCUT2D eigenvalue weighted by atomic mass is 15.1. The van der Waals surface area contributed by atoms with E-state index in [1.54, 1.807) is 0 Å². The summed E-state index contributed by atoms with van der Waals surface area (Å²) >= 11 is 0. The van der Waals surface area contributed by atoms with Crippen LogP contribution in [0.5, 0.6) is 0 Å². The second kappa shape index (κ2) is 3.58. The Balaban J connectivity index is 1.88. The first kappa shape index (κ1) is 10.3. The van der Waals surface area contributed by atoms with Crippen molar-refractivity contribution >= 4 is 16.9 Å². The SMILES string of the molecule is N=C(N)CC1(Cn2cnc3ccccc32)CC1. The quantitative estimate of drug-likeness (QED) is 0.622. The van der Waals surface area contributed by atoms with Gasteiger partial charge in [-0.25, -0.2) is 4.98 Å². The van der Waals surface area contributed by atoms with Gasteiger partial charge < -0.3 is 10.3 Å². The summed E-state index contributed by atoms with van der Waals surface area (Å²) in [6, 6.07) is 8.15. The molecule has 1 aliphatic rings. The number of rotatable bonds is 4. The number of nitrogens with zero attached hydrogens (tertiary/aromatic N) is 2. The Morgan fingerprint density at radius 1 is 1.41 bits per heavy atom. The summed E-state index contributed by atoms with van der Waals surface area (Å²) in [5.74, 6) is 0.298. The van der Waals surface area contributed by atoms with E-state index >= 15 is 0 Å². The van der Waals surface area contributed by atoms with Gasteiger partial charge in [-0.3, -0.25) is 5.41 Å². The topological polar surface area (TPSA) is 67.7 Å². The van der Waals surface area contributed by atoms with Crippen LogP contribution < -0.4 is 5.73 Å². The number of amidine groups is 1. The van der Waals surface area contributed by atoms with Gasteiger partial charge in [0.2, 0.25) is 0 Å². The van der Waals surface area contributed by atoms with Crippen LogP contribution in [-0.4, -0.2) is 15.4 Å². The highest BCUT2D eigenvalue weighted by Crippen LogP contribution is 2.50. The minimum atomic E-state index is 0.218. The third-order valence-electron chi connectivity index (χ3n) is 3.56. The van der Waals surface area contributed by atoms with Crippen LogP contribution in [0.15, 0.2) is 30.6 Å². The molecule has 0 aliphatic heterocycles. The average molecular weight is 228 g/mol. The first-order chi connectivity index (χ1) is 8.19. The van der Waals surface area contributed by atoms with Gasteiger partial charge in [-0.05, 0) is 30.4 Å². The maximum Gasteiger partial charge on any atom is 0.0958 e. The fraction of sp³-hybridized carbons (Fsp3) is 0.385. The monoisotopic (exact) mass is 228 g/mol. The van der Waals surface area contributed by atoms with Gasteiger partial charge in [0.25, 0.3) is 0 Å². The Kier molecular flexibility index (Phi) is 2.18. The van der Waals surface area contributed by atoms with Crippen LogP contribution in [0.3, 0.4) is 0 Å². The lowest BCUT2D eigenvalue weighted by molar-refractivity contribution is 0.443. The van der Waals surface area contributed by atoms with Gasteiger partial charge in [-0.15, -0.1) is 0 Å². The van der Waals surface area contributed by atoms with Gasteiger partial charge in [0.05, 0.1) is 23.2 Å². The minimum absolute atomic E-state index is 0.218. The molecule has 0 atom stereocenters. The molecule has 1 aromatic carbocycles. The summed E-state index contributed by atoms with van der Waals surface area (Å²) in [6.07, 6.45) is 4.93. The molecule has 0 amide bonds. The number of hydrogen-bond acceptors (Lipinski definition) is 2. The van der Waals surface area contributed by atoms with Crippen LogP contribution in [0.4, 0.5) is 0 Å². The minimum Gasteiger partial charge on any atom is -0.388 e. The Bertz CT molecular complexity index is 566. The molecule has 4 nitrogen and oxygen atoms in total. The maximum atomic E-state index is 7.43. The molecule has 0 unspecified atom stereocenters. The van der Waals surface area contributed by atoms with Crippen molar-refractivity contribution in [2.24, 2.45) is 11.1 Å². The van der Waals surface area contributed by atoms with Crippen molar-refractivity contribution in [1.29, 1.82) is 5.41 Å². The highest BCUT2D eigenvalue weighted by Gasteiger charge is 2.43. The summed E-state index contributed by atoms with van der Waals surface area (Å²) in [6.45, 7) is 0.924. The van der Waals surface area contributed by atoms with E-state index in [-0.39, 0.29) is 5.41 Å². The molecule has 88 valence electrons. The highest BCUT2D eigenvalue weighted by molar-refractivity contribution is 5.78. The standard InChI is InChI=1S/C13H16N4/c14-12(15)7-13(5-6-13)8-17-9-16-10-3-1-2-4-11(10)17/h1-4,9H,5-8H2,(H3,14,15). The molecule has 0 spiro atoms. The molecule has 17 heavy (non-hydrogen) atoms. The third kappa shape index (κ3) is 1.90. The van der Waals surface area contributed by atoms with E-state index in [2.05, 4.69) is 15.6 Å². The number of imidazole rings is 1. The number of benzene rings is 1. The van der Waals surface area contributed by atoms with Crippen molar-refractivity contribution in [2.45, 2.75) is 25.8 Å². The van der Waals surface area contributed by atoms with E-state index in [0.29, 0.717) is 12.3 Å². The van der Waals surface area contributed by atoms with Crippen LogP contribution in [0.1, 0.15) is 19.3 Å². The summed E-state index contributed by atoms with van der Waals surface area (Å²) in [7, 11) is 0. The number of nitrogens with one attached hydrogen (secondary N) is 1. The molecule has 3 rings (SSSR count). The van der Waals surface area contributed by atoms with Crippen molar-refractivity contribution < 1.29 is 0 Å². The zero-order valence-electron chi connectivity index (χ0n) is 9.69. The van der Waals surface area contributed by atoms with Gasteiger partial charge in [-0.2, -0.15) is 0 Å². The lowest BCUT2D eigenvalue weighted by Gasteiger charge is -2.15. The molecular formula is C13H16N4. The summed E-state index contributed by atoms with van der Waals surface area (Å²) in [4.78, 5) is 4.39. The summed E-state index contributed by atoms with van der Waals surface area (Å²) < 4.78 is 2.19. The van der Waals surface area contributed by atoms with E-state index in [1.165, 1.54) is 18.4 Å². The zero-order chi connectivity index (χ0) is 11.9. The largest absolute Gasteiger partial charge is 0.388 e. The third-order valence-corrected chi connectivity index (χ3v) is 3.56. The summed E-state index contributed by atoms with van der Waals surface area (Å²) in [5.41, 5.74) is 7.94. The molecule has 1 aromatic heterocycles. The van der Waals surface area contributed by atoms with Crippen LogP contribution >= 0.6 is 0 Å². The molecule has 0 bridgehead atoms. The van der Waals surface area contributed by atoms with Crippen molar-refractivity contribution in [1.82, 2.24) is 9.55 Å². The lowest BCUT2D eigenvalue weighted by atomic mass is 10.0. The first-order valence-electron chi connectivity index (χ1n) is 5.91. The maximum absolute atomic E-state index is 7.43. The van der Waals surface area contributed by atoms with E-state index < -0.39 is 0 Å². The number of fused-ring (bicyclic) bond motifs is 1. The van der Waals surface area contributed by atoms with E-state index in [4.69, 9.17) is 11.1 Å². The Morgan fingerprint density at radius 2 is 2.18 bits per heavy atom. The molecular weight excluding hydrogens is 212 g/mol.